The maximum Gasteiger partial charge on any atom is 0.251 e. The van der Waals surface area contributed by atoms with Crippen molar-refractivity contribution in [1.82, 2.24) is 10.6 Å². The summed E-state index contributed by atoms with van der Waals surface area (Å²) in [4.78, 5) is 13.2. The Morgan fingerprint density at radius 1 is 1.26 bits per heavy atom. The van der Waals surface area contributed by atoms with E-state index in [1.54, 1.807) is 23.5 Å². The lowest BCUT2D eigenvalue weighted by Crippen LogP contribution is -2.44. The number of aliphatic hydroxyl groups is 1. The number of ether oxygens (including phenoxy) is 1. The van der Waals surface area contributed by atoms with Crippen molar-refractivity contribution in [3.63, 3.8) is 0 Å². The molecule has 1 aliphatic rings. The highest BCUT2D eigenvalue weighted by molar-refractivity contribution is 7.09. The van der Waals surface area contributed by atoms with Gasteiger partial charge < -0.3 is 20.5 Å². The van der Waals surface area contributed by atoms with Gasteiger partial charge in [-0.3, -0.25) is 4.79 Å². The van der Waals surface area contributed by atoms with Crippen LogP contribution < -0.4 is 10.6 Å². The van der Waals surface area contributed by atoms with Gasteiger partial charge in [0.1, 0.15) is 6.10 Å². The molecule has 3 rings (SSSR count). The van der Waals surface area contributed by atoms with Gasteiger partial charge in [0.15, 0.2) is 0 Å². The van der Waals surface area contributed by atoms with Crippen LogP contribution in [-0.2, 0) is 11.3 Å². The number of benzene rings is 1. The number of carbonyl (C=O) groups excluding carboxylic acids is 1. The molecule has 0 radical (unpaired) electrons. The lowest BCUT2D eigenvalue weighted by atomic mass is 10.1. The summed E-state index contributed by atoms with van der Waals surface area (Å²) < 4.78 is 5.61. The number of thiophene rings is 1. The van der Waals surface area contributed by atoms with E-state index < -0.39 is 6.10 Å². The van der Waals surface area contributed by atoms with Crippen molar-refractivity contribution < 1.29 is 14.6 Å². The first kappa shape index (κ1) is 16.1. The Kier molecular flexibility index (Phi) is 5.40. The van der Waals surface area contributed by atoms with Crippen LogP contribution in [-0.4, -0.2) is 42.4 Å². The van der Waals surface area contributed by atoms with Crippen LogP contribution in [0.4, 0.5) is 0 Å². The van der Waals surface area contributed by atoms with Crippen LogP contribution in [0.15, 0.2) is 47.8 Å². The molecule has 1 amide bonds. The van der Waals surface area contributed by atoms with Gasteiger partial charge in [0.25, 0.3) is 5.91 Å². The summed E-state index contributed by atoms with van der Waals surface area (Å²) in [5, 5.41) is 18.5. The van der Waals surface area contributed by atoms with Gasteiger partial charge in [-0.05, 0) is 23.6 Å². The molecule has 0 bridgehead atoms. The van der Waals surface area contributed by atoms with E-state index in [4.69, 9.17) is 4.74 Å². The van der Waals surface area contributed by atoms with Gasteiger partial charge in [-0.2, -0.15) is 0 Å². The predicted octanol–water partition coefficient (Wildman–Crippen LogP) is 1.40. The van der Waals surface area contributed by atoms with Gasteiger partial charge in [-0.25, -0.2) is 0 Å². The highest BCUT2D eigenvalue weighted by Crippen LogP contribution is 2.16. The van der Waals surface area contributed by atoms with E-state index in [0.29, 0.717) is 25.3 Å². The highest BCUT2D eigenvalue weighted by Gasteiger charge is 2.35. The predicted molar refractivity (Wildman–Crippen MR) is 89.5 cm³/mol. The number of hydrogen-bond acceptors (Lipinski definition) is 5. The van der Waals surface area contributed by atoms with Gasteiger partial charge in [0.05, 0.1) is 18.8 Å². The Bertz CT molecular complexity index is 618. The Morgan fingerprint density at radius 3 is 2.83 bits per heavy atom. The third-order valence-corrected chi connectivity index (χ3v) is 4.78. The Morgan fingerprint density at radius 2 is 2.09 bits per heavy atom. The van der Waals surface area contributed by atoms with E-state index in [-0.39, 0.29) is 18.1 Å². The molecule has 122 valence electrons. The minimum Gasteiger partial charge on any atom is -0.389 e. The Hall–Kier alpha value is -1.73. The van der Waals surface area contributed by atoms with Crippen molar-refractivity contribution in [2.24, 2.45) is 0 Å². The zero-order chi connectivity index (χ0) is 16.1. The van der Waals surface area contributed by atoms with Gasteiger partial charge >= 0.3 is 0 Å². The summed E-state index contributed by atoms with van der Waals surface area (Å²) in [5.41, 5.74) is 0.604. The lowest BCUT2D eigenvalue weighted by molar-refractivity contribution is 0.0398. The largest absolute Gasteiger partial charge is 0.389 e. The molecule has 0 aliphatic carbocycles. The van der Waals surface area contributed by atoms with Crippen molar-refractivity contribution >= 4 is 17.2 Å². The van der Waals surface area contributed by atoms with E-state index in [1.165, 1.54) is 4.88 Å². The molecule has 6 heteroatoms. The molecule has 2 heterocycles. The van der Waals surface area contributed by atoms with E-state index >= 15 is 0 Å². The summed E-state index contributed by atoms with van der Waals surface area (Å²) in [7, 11) is 0. The van der Waals surface area contributed by atoms with Gasteiger partial charge in [0, 0.05) is 23.5 Å². The fourth-order valence-corrected chi connectivity index (χ4v) is 3.23. The van der Waals surface area contributed by atoms with Crippen LogP contribution in [0, 0.1) is 0 Å². The molecule has 1 saturated heterocycles. The van der Waals surface area contributed by atoms with Crippen LogP contribution in [0.3, 0.4) is 0 Å². The fraction of sp³-hybridized carbons (Fsp3) is 0.353. The average Bonchev–Trinajstić information content (AvgIpc) is 3.22. The summed E-state index contributed by atoms with van der Waals surface area (Å²) in [5.74, 6) is -0.156. The van der Waals surface area contributed by atoms with Crippen LogP contribution >= 0.6 is 11.3 Å². The van der Waals surface area contributed by atoms with Crippen LogP contribution in [0.2, 0.25) is 0 Å². The molecule has 1 aromatic carbocycles. The van der Waals surface area contributed by atoms with Crippen LogP contribution in [0.25, 0.3) is 0 Å². The minimum atomic E-state index is -0.633. The topological polar surface area (TPSA) is 70.6 Å². The zero-order valence-corrected chi connectivity index (χ0v) is 13.5. The van der Waals surface area contributed by atoms with Crippen molar-refractivity contribution in [3.8, 4) is 0 Å². The quantitative estimate of drug-likeness (QED) is 0.748. The molecule has 2 aromatic rings. The maximum absolute atomic E-state index is 12.0. The highest BCUT2D eigenvalue weighted by atomic mass is 32.1. The Balaban J connectivity index is 1.45. The van der Waals surface area contributed by atoms with Crippen LogP contribution in [0.1, 0.15) is 15.2 Å². The second-order valence-electron chi connectivity index (χ2n) is 5.51. The van der Waals surface area contributed by atoms with E-state index in [1.807, 2.05) is 29.6 Å². The standard InChI is InChI=1S/C17H20N2O3S/c20-16-14(18-9-13-7-4-8-23-13)11-22-15(16)10-19-17(21)12-5-2-1-3-6-12/h1-8,14-16,18,20H,9-11H2,(H,19,21). The lowest BCUT2D eigenvalue weighted by Gasteiger charge is -2.18. The summed E-state index contributed by atoms with van der Waals surface area (Å²) in [6, 6.07) is 13.0. The molecule has 1 aliphatic heterocycles. The van der Waals surface area contributed by atoms with Crippen molar-refractivity contribution in [2.75, 3.05) is 13.2 Å². The number of amides is 1. The van der Waals surface area contributed by atoms with Gasteiger partial charge in [-0.15, -0.1) is 11.3 Å². The first-order valence-electron chi connectivity index (χ1n) is 7.63. The normalized spacial score (nSPS) is 23.8. The number of aliphatic hydroxyl groups excluding tert-OH is 1. The third-order valence-electron chi connectivity index (χ3n) is 3.90. The number of rotatable bonds is 6. The molecule has 0 spiro atoms. The molecule has 23 heavy (non-hydrogen) atoms. The molecule has 1 fully saturated rings. The molecular formula is C17H20N2O3S. The number of nitrogens with one attached hydrogen (secondary N) is 2. The maximum atomic E-state index is 12.0. The van der Waals surface area contributed by atoms with Crippen molar-refractivity contribution in [1.29, 1.82) is 0 Å². The smallest absolute Gasteiger partial charge is 0.251 e. The van der Waals surface area contributed by atoms with Crippen molar-refractivity contribution in [2.45, 2.75) is 24.8 Å². The molecule has 5 nitrogen and oxygen atoms in total. The van der Waals surface area contributed by atoms with Gasteiger partial charge in [0.2, 0.25) is 0 Å². The summed E-state index contributed by atoms with van der Waals surface area (Å²) in [6.45, 7) is 1.45. The summed E-state index contributed by atoms with van der Waals surface area (Å²) >= 11 is 1.68. The van der Waals surface area contributed by atoms with E-state index in [0.717, 1.165) is 0 Å². The molecule has 3 atom stereocenters. The molecule has 0 saturated carbocycles. The SMILES string of the molecule is O=C(NCC1OCC(NCc2cccs2)C1O)c1ccccc1. The van der Waals surface area contributed by atoms with E-state index in [9.17, 15) is 9.90 Å². The minimum absolute atomic E-state index is 0.115. The first-order valence-corrected chi connectivity index (χ1v) is 8.50. The zero-order valence-electron chi connectivity index (χ0n) is 12.6. The fourth-order valence-electron chi connectivity index (χ4n) is 2.57. The van der Waals surface area contributed by atoms with Crippen LogP contribution in [0.5, 0.6) is 0 Å². The van der Waals surface area contributed by atoms with Crippen molar-refractivity contribution in [3.05, 3.63) is 58.3 Å². The monoisotopic (exact) mass is 332 g/mol. The second kappa shape index (κ2) is 7.70. The molecular weight excluding hydrogens is 312 g/mol. The first-order chi connectivity index (χ1) is 11.2. The Labute approximate surface area is 139 Å². The number of carbonyl (C=O) groups is 1. The second-order valence-corrected chi connectivity index (χ2v) is 6.54. The molecule has 3 unspecified atom stereocenters. The van der Waals surface area contributed by atoms with E-state index in [2.05, 4.69) is 16.7 Å². The van der Waals surface area contributed by atoms with Gasteiger partial charge in [-0.1, -0.05) is 24.3 Å². The average molecular weight is 332 g/mol. The summed E-state index contributed by atoms with van der Waals surface area (Å²) in [6.07, 6.45) is -1.02. The molecule has 3 N–H and O–H groups in total. The third kappa shape index (κ3) is 4.17. The number of hydrogen-bond donors (Lipinski definition) is 3. The molecule has 1 aromatic heterocycles.